The number of nitrogens with zero attached hydrogens (tertiary/aromatic N) is 4. The van der Waals surface area contributed by atoms with Crippen molar-refractivity contribution >= 4 is 40.1 Å². The number of para-hydroxylation sites is 1. The van der Waals surface area contributed by atoms with Crippen LogP contribution in [0.2, 0.25) is 5.02 Å². The summed E-state index contributed by atoms with van der Waals surface area (Å²) in [5, 5.41) is 1.47. The summed E-state index contributed by atoms with van der Waals surface area (Å²) in [6, 6.07) is 15.7. The van der Waals surface area contributed by atoms with Crippen LogP contribution in [0.4, 0.5) is 5.69 Å². The zero-order chi connectivity index (χ0) is 25.2. The molecule has 5 rings (SSSR count). The third kappa shape index (κ3) is 5.04. The number of hydrogen-bond acceptors (Lipinski definition) is 6. The van der Waals surface area contributed by atoms with Gasteiger partial charge in [-0.05, 0) is 38.1 Å². The van der Waals surface area contributed by atoms with Gasteiger partial charge >= 0.3 is 5.97 Å². The molecule has 1 saturated heterocycles. The van der Waals surface area contributed by atoms with Crippen LogP contribution >= 0.6 is 11.6 Å². The lowest BCUT2D eigenvalue weighted by atomic mass is 9.95. The van der Waals surface area contributed by atoms with Gasteiger partial charge in [0.05, 0.1) is 11.1 Å². The van der Waals surface area contributed by atoms with Gasteiger partial charge in [0.25, 0.3) is 5.91 Å². The second-order valence-corrected chi connectivity index (χ2v) is 10.1. The summed E-state index contributed by atoms with van der Waals surface area (Å²) >= 11 is 6.12. The Hall–Kier alpha value is -3.16. The number of piperazine rings is 1. The predicted molar refractivity (Wildman–Crippen MR) is 142 cm³/mol. The van der Waals surface area contributed by atoms with Crippen molar-refractivity contribution < 1.29 is 14.3 Å². The minimum absolute atomic E-state index is 0.176. The number of carbonyl (C=O) groups excluding carboxylic acids is 2. The number of anilines is 1. The standard InChI is InChI=1S/C28H31ClN4O3/c1-19(2)33-11-10-25-23(17-33)27(22-8-3-4-9-24(22)30-25)28(35)36-18-26(34)32-14-12-31(13-15-32)21-7-5-6-20(29)16-21/h3-9,16,19H,10-15,17-18H2,1-2H3. The number of benzene rings is 2. The van der Waals surface area contributed by atoms with E-state index in [0.29, 0.717) is 49.4 Å². The van der Waals surface area contributed by atoms with Gasteiger partial charge in [0.15, 0.2) is 6.61 Å². The molecule has 2 aliphatic heterocycles. The molecule has 2 aromatic carbocycles. The summed E-state index contributed by atoms with van der Waals surface area (Å²) < 4.78 is 5.63. The maximum Gasteiger partial charge on any atom is 0.339 e. The van der Waals surface area contributed by atoms with E-state index in [1.54, 1.807) is 4.90 Å². The predicted octanol–water partition coefficient (Wildman–Crippen LogP) is 4.16. The Labute approximate surface area is 216 Å². The lowest BCUT2D eigenvalue weighted by molar-refractivity contribution is -0.134. The van der Waals surface area contributed by atoms with Gasteiger partial charge in [-0.15, -0.1) is 0 Å². The fourth-order valence-electron chi connectivity index (χ4n) is 5.06. The van der Waals surface area contributed by atoms with Gasteiger partial charge in [-0.2, -0.15) is 0 Å². The lowest BCUT2D eigenvalue weighted by Crippen LogP contribution is -2.50. The van der Waals surface area contributed by atoms with E-state index in [1.807, 2.05) is 48.5 Å². The molecule has 1 fully saturated rings. The van der Waals surface area contributed by atoms with Gasteiger partial charge in [-0.1, -0.05) is 35.9 Å². The van der Waals surface area contributed by atoms with E-state index in [4.69, 9.17) is 21.3 Å². The fourth-order valence-corrected chi connectivity index (χ4v) is 5.25. The third-order valence-electron chi connectivity index (χ3n) is 7.14. The first-order valence-corrected chi connectivity index (χ1v) is 12.9. The minimum Gasteiger partial charge on any atom is -0.452 e. The smallest absolute Gasteiger partial charge is 0.339 e. The first-order chi connectivity index (χ1) is 17.4. The average Bonchev–Trinajstić information content (AvgIpc) is 2.90. The maximum atomic E-state index is 13.4. The van der Waals surface area contributed by atoms with Crippen molar-refractivity contribution in [3.05, 3.63) is 70.4 Å². The van der Waals surface area contributed by atoms with Crippen LogP contribution in [0.5, 0.6) is 0 Å². The van der Waals surface area contributed by atoms with Crippen molar-refractivity contribution in [2.45, 2.75) is 32.9 Å². The van der Waals surface area contributed by atoms with Gasteiger partial charge < -0.3 is 14.5 Å². The highest BCUT2D eigenvalue weighted by Gasteiger charge is 2.29. The molecule has 2 aliphatic rings. The molecule has 0 N–H and O–H groups in total. The van der Waals surface area contributed by atoms with Crippen molar-refractivity contribution in [1.29, 1.82) is 0 Å². The molecule has 0 spiro atoms. The van der Waals surface area contributed by atoms with Crippen molar-refractivity contribution in [1.82, 2.24) is 14.8 Å². The van der Waals surface area contributed by atoms with Crippen molar-refractivity contribution in [3.8, 4) is 0 Å². The largest absolute Gasteiger partial charge is 0.452 e. The molecule has 0 radical (unpaired) electrons. The first-order valence-electron chi connectivity index (χ1n) is 12.5. The number of carbonyl (C=O) groups is 2. The summed E-state index contributed by atoms with van der Waals surface area (Å²) in [4.78, 5) is 37.5. The van der Waals surface area contributed by atoms with Gasteiger partial charge in [0.2, 0.25) is 0 Å². The molecule has 0 saturated carbocycles. The van der Waals surface area contributed by atoms with Crippen LogP contribution in [0.15, 0.2) is 48.5 Å². The van der Waals surface area contributed by atoms with E-state index in [0.717, 1.165) is 40.8 Å². The SMILES string of the molecule is CC(C)N1CCc2nc3ccccc3c(C(=O)OCC(=O)N3CCN(c4cccc(Cl)c4)CC3)c2C1. The monoisotopic (exact) mass is 506 g/mol. The summed E-state index contributed by atoms with van der Waals surface area (Å²) in [7, 11) is 0. The quantitative estimate of drug-likeness (QED) is 0.484. The third-order valence-corrected chi connectivity index (χ3v) is 7.38. The Bertz CT molecular complexity index is 1290. The average molecular weight is 507 g/mol. The van der Waals surface area contributed by atoms with E-state index >= 15 is 0 Å². The van der Waals surface area contributed by atoms with Crippen LogP contribution in [0.25, 0.3) is 10.9 Å². The van der Waals surface area contributed by atoms with Crippen LogP contribution in [0.3, 0.4) is 0 Å². The molecule has 0 atom stereocenters. The molecule has 0 aliphatic carbocycles. The number of aromatic nitrogens is 1. The number of ether oxygens (including phenoxy) is 1. The van der Waals surface area contributed by atoms with E-state index in [9.17, 15) is 9.59 Å². The van der Waals surface area contributed by atoms with Crippen LogP contribution in [0, 0.1) is 0 Å². The number of rotatable bonds is 5. The summed E-state index contributed by atoms with van der Waals surface area (Å²) in [5.41, 5.74) is 4.23. The van der Waals surface area contributed by atoms with E-state index < -0.39 is 5.97 Å². The Balaban J connectivity index is 1.28. The topological polar surface area (TPSA) is 66.0 Å². The highest BCUT2D eigenvalue weighted by molar-refractivity contribution is 6.30. The second kappa shape index (κ2) is 10.4. The maximum absolute atomic E-state index is 13.4. The molecule has 8 heteroatoms. The van der Waals surface area contributed by atoms with Crippen molar-refractivity contribution in [2.24, 2.45) is 0 Å². The van der Waals surface area contributed by atoms with Crippen LogP contribution in [-0.4, -0.2) is 72.0 Å². The van der Waals surface area contributed by atoms with Crippen LogP contribution < -0.4 is 4.90 Å². The molecule has 3 aromatic rings. The van der Waals surface area contributed by atoms with Crippen molar-refractivity contribution in [2.75, 3.05) is 44.2 Å². The molecule has 188 valence electrons. The molecule has 36 heavy (non-hydrogen) atoms. The Kier molecular flexibility index (Phi) is 7.12. The van der Waals surface area contributed by atoms with Gasteiger partial charge in [0.1, 0.15) is 0 Å². The summed E-state index contributed by atoms with van der Waals surface area (Å²) in [6.45, 7) is 8.14. The number of fused-ring (bicyclic) bond motifs is 2. The molecule has 7 nitrogen and oxygen atoms in total. The van der Waals surface area contributed by atoms with Gasteiger partial charge in [-0.3, -0.25) is 14.7 Å². The number of halogens is 1. The molecular formula is C28H31ClN4O3. The molecule has 1 aromatic heterocycles. The van der Waals surface area contributed by atoms with Gasteiger partial charge in [-0.25, -0.2) is 4.79 Å². The molecular weight excluding hydrogens is 476 g/mol. The van der Waals surface area contributed by atoms with Crippen molar-refractivity contribution in [3.63, 3.8) is 0 Å². The normalized spacial score (nSPS) is 16.3. The number of esters is 1. The van der Waals surface area contributed by atoms with Gasteiger partial charge in [0, 0.05) is 79.1 Å². The number of pyridine rings is 1. The number of amides is 1. The van der Waals surface area contributed by atoms with E-state index in [1.165, 1.54) is 0 Å². The Morgan fingerprint density at radius 1 is 1.03 bits per heavy atom. The van der Waals surface area contributed by atoms with E-state index in [2.05, 4.69) is 23.6 Å². The molecule has 1 amide bonds. The summed E-state index contributed by atoms with van der Waals surface area (Å²) in [5.74, 6) is -0.633. The summed E-state index contributed by atoms with van der Waals surface area (Å²) in [6.07, 6.45) is 0.786. The zero-order valence-electron chi connectivity index (χ0n) is 20.7. The Morgan fingerprint density at radius 3 is 2.56 bits per heavy atom. The first kappa shape index (κ1) is 24.5. The second-order valence-electron chi connectivity index (χ2n) is 9.67. The molecule has 3 heterocycles. The molecule has 0 bridgehead atoms. The molecule has 0 unspecified atom stereocenters. The van der Waals surface area contributed by atoms with E-state index in [-0.39, 0.29) is 12.5 Å². The van der Waals surface area contributed by atoms with Crippen LogP contribution in [0.1, 0.15) is 35.5 Å². The highest BCUT2D eigenvalue weighted by atomic mass is 35.5. The zero-order valence-corrected chi connectivity index (χ0v) is 21.5. The van der Waals surface area contributed by atoms with Crippen LogP contribution in [-0.2, 0) is 22.5 Å². The lowest BCUT2D eigenvalue weighted by Gasteiger charge is -2.36. The number of hydrogen-bond donors (Lipinski definition) is 0. The Morgan fingerprint density at radius 2 is 1.81 bits per heavy atom. The fraction of sp³-hybridized carbons (Fsp3) is 0.393. The highest BCUT2D eigenvalue weighted by Crippen LogP contribution is 2.29. The minimum atomic E-state index is -0.457.